The van der Waals surface area contributed by atoms with Crippen molar-refractivity contribution in [2.24, 2.45) is 7.05 Å². The minimum atomic E-state index is -0.675. The van der Waals surface area contributed by atoms with Crippen LogP contribution >= 0.6 is 0 Å². The molecule has 2 N–H and O–H groups in total. The highest BCUT2D eigenvalue weighted by molar-refractivity contribution is 5.92. The van der Waals surface area contributed by atoms with Crippen molar-refractivity contribution >= 4 is 28.8 Å². The second kappa shape index (κ2) is 11.2. The molecule has 4 heterocycles. The Balaban J connectivity index is 1.54. The van der Waals surface area contributed by atoms with Gasteiger partial charge in [-0.1, -0.05) is 12.1 Å². The normalized spacial score (nSPS) is 13.5. The minimum Gasteiger partial charge on any atom is -0.494 e. The number of amides is 1. The van der Waals surface area contributed by atoms with Gasteiger partial charge in [0.05, 0.1) is 31.9 Å². The Morgan fingerprint density at radius 1 is 1.18 bits per heavy atom. The second-order valence-corrected chi connectivity index (χ2v) is 9.21. The van der Waals surface area contributed by atoms with Crippen LogP contribution in [0.2, 0.25) is 0 Å². The zero-order chi connectivity index (χ0) is 27.5. The van der Waals surface area contributed by atoms with Crippen LogP contribution in [-0.2, 0) is 18.3 Å². The Kier molecular flexibility index (Phi) is 7.52. The van der Waals surface area contributed by atoms with Gasteiger partial charge < -0.3 is 23.8 Å². The maximum Gasteiger partial charge on any atom is 0.277 e. The number of carbonyl (C=O) groups is 1. The molecule has 0 spiro atoms. The van der Waals surface area contributed by atoms with Crippen molar-refractivity contribution in [1.82, 2.24) is 35.0 Å². The predicted octanol–water partition coefficient (Wildman–Crippen LogP) is 2.12. The van der Waals surface area contributed by atoms with E-state index in [1.54, 1.807) is 5.48 Å². The number of nitrogens with zero attached hydrogens (tertiary/aromatic N) is 8. The number of hydrogen-bond acceptors (Lipinski definition) is 11. The van der Waals surface area contributed by atoms with Crippen molar-refractivity contribution < 1.29 is 19.5 Å². The van der Waals surface area contributed by atoms with E-state index in [4.69, 9.17) is 29.6 Å². The maximum atomic E-state index is 11.6. The highest BCUT2D eigenvalue weighted by atomic mass is 16.5. The number of hydrogen-bond donors (Lipinski definition) is 2. The molecule has 204 valence electrons. The Morgan fingerprint density at radius 3 is 2.62 bits per heavy atom. The van der Waals surface area contributed by atoms with E-state index in [1.165, 1.54) is 12.4 Å². The van der Waals surface area contributed by atoms with Crippen molar-refractivity contribution in [1.29, 1.82) is 0 Å². The van der Waals surface area contributed by atoms with Crippen LogP contribution in [0.5, 0.6) is 5.75 Å². The molecule has 0 atom stereocenters. The van der Waals surface area contributed by atoms with E-state index in [9.17, 15) is 4.79 Å². The monoisotopic (exact) mass is 533 g/mol. The minimum absolute atomic E-state index is 0.152. The summed E-state index contributed by atoms with van der Waals surface area (Å²) >= 11 is 0. The lowest BCUT2D eigenvalue weighted by atomic mass is 10.1. The topological polar surface area (TPSA) is 144 Å². The number of morpholine rings is 1. The Morgan fingerprint density at radius 2 is 1.92 bits per heavy atom. The molecule has 5 rings (SSSR count). The molecule has 1 fully saturated rings. The van der Waals surface area contributed by atoms with Crippen molar-refractivity contribution in [2.75, 3.05) is 49.8 Å². The van der Waals surface area contributed by atoms with Gasteiger partial charge in [0.15, 0.2) is 22.8 Å². The quantitative estimate of drug-likeness (QED) is 0.254. The van der Waals surface area contributed by atoms with Gasteiger partial charge in [0, 0.05) is 45.1 Å². The summed E-state index contributed by atoms with van der Waals surface area (Å²) in [7, 11) is 3.76. The van der Waals surface area contributed by atoms with Gasteiger partial charge in [0.2, 0.25) is 5.95 Å². The number of nitrogens with one attached hydrogen (secondary N) is 1. The average molecular weight is 534 g/mol. The third-order valence-electron chi connectivity index (χ3n) is 6.57. The summed E-state index contributed by atoms with van der Waals surface area (Å²) in [5.74, 6) is 2.63. The van der Waals surface area contributed by atoms with Gasteiger partial charge in [-0.25, -0.2) is 30.4 Å². The average Bonchev–Trinajstić information content (AvgIpc) is 3.28. The Labute approximate surface area is 225 Å². The summed E-state index contributed by atoms with van der Waals surface area (Å²) in [4.78, 5) is 38.9. The van der Waals surface area contributed by atoms with Gasteiger partial charge in [0.25, 0.3) is 5.91 Å². The van der Waals surface area contributed by atoms with Crippen LogP contribution in [0.3, 0.4) is 0 Å². The largest absolute Gasteiger partial charge is 0.494 e. The van der Waals surface area contributed by atoms with E-state index in [0.717, 1.165) is 28.5 Å². The molecule has 0 bridgehead atoms. The van der Waals surface area contributed by atoms with Gasteiger partial charge in [-0.15, -0.1) is 0 Å². The number of imidazole rings is 1. The third kappa shape index (κ3) is 5.31. The van der Waals surface area contributed by atoms with E-state index >= 15 is 0 Å². The van der Waals surface area contributed by atoms with Crippen molar-refractivity contribution in [3.05, 3.63) is 47.5 Å². The van der Waals surface area contributed by atoms with Crippen LogP contribution in [0.15, 0.2) is 30.6 Å². The molecule has 1 aliphatic heterocycles. The molecule has 1 aliphatic rings. The summed E-state index contributed by atoms with van der Waals surface area (Å²) in [5.41, 5.74) is 5.05. The highest BCUT2D eigenvalue weighted by Crippen LogP contribution is 2.31. The lowest BCUT2D eigenvalue weighted by Crippen LogP contribution is -2.37. The van der Waals surface area contributed by atoms with Crippen LogP contribution in [0.25, 0.3) is 22.6 Å². The fraction of sp³-hybridized carbons (Fsp3) is 0.385. The smallest absolute Gasteiger partial charge is 0.277 e. The summed E-state index contributed by atoms with van der Waals surface area (Å²) in [6.45, 7) is 7.57. The van der Waals surface area contributed by atoms with Crippen molar-refractivity contribution in [2.45, 2.75) is 20.4 Å². The van der Waals surface area contributed by atoms with Gasteiger partial charge in [-0.3, -0.25) is 10.0 Å². The molecule has 13 heteroatoms. The zero-order valence-corrected chi connectivity index (χ0v) is 22.4. The molecule has 1 saturated heterocycles. The molecule has 4 aromatic rings. The molecule has 13 nitrogen and oxygen atoms in total. The number of aromatic nitrogens is 6. The van der Waals surface area contributed by atoms with Crippen LogP contribution in [0.1, 0.15) is 28.7 Å². The van der Waals surface area contributed by atoms with E-state index in [0.29, 0.717) is 62.4 Å². The Bertz CT molecular complexity index is 1480. The van der Waals surface area contributed by atoms with Gasteiger partial charge in [0.1, 0.15) is 11.6 Å². The maximum absolute atomic E-state index is 11.6. The van der Waals surface area contributed by atoms with Crippen LogP contribution < -0.4 is 20.0 Å². The lowest BCUT2D eigenvalue weighted by Gasteiger charge is -2.28. The third-order valence-corrected chi connectivity index (χ3v) is 6.57. The number of aryl methyl sites for hydroxylation is 2. The summed E-state index contributed by atoms with van der Waals surface area (Å²) in [5, 5.41) is 8.82. The fourth-order valence-corrected chi connectivity index (χ4v) is 4.39. The van der Waals surface area contributed by atoms with Gasteiger partial charge >= 0.3 is 0 Å². The first-order chi connectivity index (χ1) is 18.9. The van der Waals surface area contributed by atoms with E-state index < -0.39 is 5.91 Å². The first kappa shape index (κ1) is 26.3. The highest BCUT2D eigenvalue weighted by Gasteiger charge is 2.23. The second-order valence-electron chi connectivity index (χ2n) is 9.21. The molecule has 3 aromatic heterocycles. The zero-order valence-electron chi connectivity index (χ0n) is 22.4. The van der Waals surface area contributed by atoms with E-state index in [2.05, 4.69) is 14.9 Å². The van der Waals surface area contributed by atoms with Gasteiger partial charge in [-0.2, -0.15) is 0 Å². The number of fused-ring (bicyclic) bond motifs is 1. The summed E-state index contributed by atoms with van der Waals surface area (Å²) < 4.78 is 13.4. The molecule has 1 amide bonds. The number of ether oxygens (including phenoxy) is 2. The number of carbonyl (C=O) groups excluding carboxylic acids is 1. The first-order valence-electron chi connectivity index (χ1n) is 12.7. The number of hydroxylamine groups is 1. The standard InChI is InChI=1S/C26H31N9O4/c1-5-39-19-12-17(7-6-16(19)2)22-30-23-21(24(31-22)35-8-10-38-11-9-35)29-20(34(23)4)15-33(3)26-27-13-18(14-28-26)25(36)32-37/h6-7,12-14,37H,5,8-11,15H2,1-4H3,(H,32,36). The van der Waals surface area contributed by atoms with Crippen LogP contribution in [0.4, 0.5) is 11.8 Å². The number of rotatable bonds is 8. The van der Waals surface area contributed by atoms with Crippen LogP contribution in [-0.4, -0.2) is 80.6 Å². The van der Waals surface area contributed by atoms with Crippen molar-refractivity contribution in [3.63, 3.8) is 0 Å². The molecule has 0 radical (unpaired) electrons. The summed E-state index contributed by atoms with van der Waals surface area (Å²) in [6, 6.07) is 6.00. The van der Waals surface area contributed by atoms with E-state index in [-0.39, 0.29) is 5.56 Å². The number of anilines is 2. The Hall–Kier alpha value is -4.36. The fourth-order valence-electron chi connectivity index (χ4n) is 4.39. The van der Waals surface area contributed by atoms with Crippen molar-refractivity contribution in [3.8, 4) is 17.1 Å². The SMILES string of the molecule is CCOc1cc(-c2nc(N3CCOCC3)c3nc(CN(C)c4ncc(C(=O)NO)cn4)n(C)c3n2)ccc1C. The molecular weight excluding hydrogens is 502 g/mol. The molecule has 39 heavy (non-hydrogen) atoms. The molecule has 0 saturated carbocycles. The van der Waals surface area contributed by atoms with Crippen LogP contribution in [0, 0.1) is 6.92 Å². The first-order valence-corrected chi connectivity index (χ1v) is 12.7. The van der Waals surface area contributed by atoms with Gasteiger partial charge in [-0.05, 0) is 25.5 Å². The molecular formula is C26H31N9O4. The molecule has 0 aliphatic carbocycles. The molecule has 0 unspecified atom stereocenters. The summed E-state index contributed by atoms with van der Waals surface area (Å²) in [6.07, 6.45) is 2.71. The lowest BCUT2D eigenvalue weighted by molar-refractivity contribution is 0.0705. The number of benzene rings is 1. The predicted molar refractivity (Wildman–Crippen MR) is 144 cm³/mol. The molecule has 1 aromatic carbocycles. The van der Waals surface area contributed by atoms with E-state index in [1.807, 2.05) is 55.6 Å².